The van der Waals surface area contributed by atoms with Gasteiger partial charge in [0.25, 0.3) is 5.91 Å². The highest BCUT2D eigenvalue weighted by Gasteiger charge is 2.18. The fourth-order valence-electron chi connectivity index (χ4n) is 1.42. The van der Waals surface area contributed by atoms with Crippen molar-refractivity contribution in [1.82, 2.24) is 10.6 Å². The van der Waals surface area contributed by atoms with Gasteiger partial charge in [0.15, 0.2) is 6.10 Å². The van der Waals surface area contributed by atoms with Crippen molar-refractivity contribution < 1.29 is 14.3 Å². The van der Waals surface area contributed by atoms with E-state index < -0.39 is 18.0 Å². The zero-order chi connectivity index (χ0) is 16.0. The molecule has 1 atom stereocenters. The molecule has 112 valence electrons. The van der Waals surface area contributed by atoms with E-state index in [1.54, 1.807) is 13.8 Å². The molecule has 2 N–H and O–H groups in total. The van der Waals surface area contributed by atoms with E-state index in [0.717, 1.165) is 0 Å². The molecular weight excluding hydrogens is 294 g/mol. The van der Waals surface area contributed by atoms with Gasteiger partial charge in [0.05, 0.1) is 16.7 Å². The Bertz CT molecular complexity index is 581. The minimum Gasteiger partial charge on any atom is -0.479 e. The summed E-state index contributed by atoms with van der Waals surface area (Å²) in [5, 5.41) is 13.7. The van der Waals surface area contributed by atoms with Crippen LogP contribution in [0.15, 0.2) is 18.2 Å². The van der Waals surface area contributed by atoms with Crippen LogP contribution in [0.2, 0.25) is 5.02 Å². The molecule has 0 aromatic heterocycles. The van der Waals surface area contributed by atoms with Crippen molar-refractivity contribution in [1.29, 1.82) is 5.26 Å². The molecule has 0 fully saturated rings. The molecule has 0 unspecified atom stereocenters. The number of urea groups is 1. The lowest BCUT2D eigenvalue weighted by Gasteiger charge is -2.16. The number of ether oxygens (including phenoxy) is 1. The van der Waals surface area contributed by atoms with Crippen molar-refractivity contribution in [2.75, 3.05) is 0 Å². The summed E-state index contributed by atoms with van der Waals surface area (Å²) in [4.78, 5) is 23.2. The number of hydrogen-bond donors (Lipinski definition) is 2. The van der Waals surface area contributed by atoms with Crippen LogP contribution < -0.4 is 15.4 Å². The van der Waals surface area contributed by atoms with E-state index in [1.165, 1.54) is 25.1 Å². The topological polar surface area (TPSA) is 91.2 Å². The number of nitriles is 1. The number of nitrogens with one attached hydrogen (secondary N) is 2. The second kappa shape index (κ2) is 7.50. The smallest absolute Gasteiger partial charge is 0.321 e. The molecule has 1 aromatic carbocycles. The summed E-state index contributed by atoms with van der Waals surface area (Å²) in [7, 11) is 0. The predicted octanol–water partition coefficient (Wildman–Crippen LogP) is 2.21. The van der Waals surface area contributed by atoms with Crippen molar-refractivity contribution in [3.8, 4) is 11.8 Å². The van der Waals surface area contributed by atoms with Gasteiger partial charge in [-0.15, -0.1) is 0 Å². The van der Waals surface area contributed by atoms with E-state index >= 15 is 0 Å². The Kier molecular flexibility index (Phi) is 6.00. The van der Waals surface area contributed by atoms with E-state index in [-0.39, 0.29) is 16.8 Å². The highest BCUT2D eigenvalue weighted by molar-refractivity contribution is 6.32. The van der Waals surface area contributed by atoms with E-state index in [2.05, 4.69) is 10.6 Å². The van der Waals surface area contributed by atoms with E-state index in [4.69, 9.17) is 21.6 Å². The Hall–Kier alpha value is -2.26. The average molecular weight is 310 g/mol. The lowest BCUT2D eigenvalue weighted by molar-refractivity contribution is -0.126. The predicted molar refractivity (Wildman–Crippen MR) is 78.1 cm³/mol. The lowest BCUT2D eigenvalue weighted by Crippen LogP contribution is -2.47. The van der Waals surface area contributed by atoms with Gasteiger partial charge >= 0.3 is 6.03 Å². The van der Waals surface area contributed by atoms with Crippen LogP contribution in [0.3, 0.4) is 0 Å². The van der Waals surface area contributed by atoms with Crippen LogP contribution in [0.25, 0.3) is 0 Å². The Labute approximate surface area is 128 Å². The van der Waals surface area contributed by atoms with Gasteiger partial charge in [-0.3, -0.25) is 10.1 Å². The number of carbonyl (C=O) groups excluding carboxylic acids is 2. The molecule has 0 saturated carbocycles. The molecule has 21 heavy (non-hydrogen) atoms. The summed E-state index contributed by atoms with van der Waals surface area (Å²) < 4.78 is 5.38. The van der Waals surface area contributed by atoms with Gasteiger partial charge in [0, 0.05) is 6.04 Å². The molecule has 0 saturated heterocycles. The number of hydrogen-bond acceptors (Lipinski definition) is 4. The number of rotatable bonds is 4. The molecule has 0 heterocycles. The number of nitrogens with zero attached hydrogens (tertiary/aromatic N) is 1. The molecule has 1 rings (SSSR count). The van der Waals surface area contributed by atoms with Crippen LogP contribution in [-0.2, 0) is 4.79 Å². The first kappa shape index (κ1) is 16.8. The Balaban J connectivity index is 2.64. The van der Waals surface area contributed by atoms with Crippen molar-refractivity contribution in [2.24, 2.45) is 0 Å². The molecule has 0 bridgehead atoms. The van der Waals surface area contributed by atoms with E-state index in [1.807, 2.05) is 6.07 Å². The number of carbonyl (C=O) groups is 2. The molecule has 0 aliphatic carbocycles. The SMILES string of the molecule is CC(C)NC(=O)NC(=O)[C@@H](C)Oc1ccc(C#N)cc1Cl. The summed E-state index contributed by atoms with van der Waals surface area (Å²) in [5.41, 5.74) is 0.390. The maximum atomic E-state index is 11.8. The van der Waals surface area contributed by atoms with Crippen LogP contribution >= 0.6 is 11.6 Å². The van der Waals surface area contributed by atoms with Gasteiger partial charge in [-0.2, -0.15) is 5.26 Å². The number of amides is 3. The largest absolute Gasteiger partial charge is 0.479 e. The minimum absolute atomic E-state index is 0.0815. The molecule has 0 aliphatic rings. The third kappa shape index (κ3) is 5.32. The Morgan fingerprint density at radius 2 is 2.00 bits per heavy atom. The molecule has 3 amide bonds. The zero-order valence-electron chi connectivity index (χ0n) is 11.9. The molecule has 0 spiro atoms. The highest BCUT2D eigenvalue weighted by atomic mass is 35.5. The second-order valence-corrected chi connectivity index (χ2v) is 5.04. The first-order valence-corrected chi connectivity index (χ1v) is 6.69. The normalized spacial score (nSPS) is 11.4. The van der Waals surface area contributed by atoms with Gasteiger partial charge in [0.2, 0.25) is 0 Å². The minimum atomic E-state index is -0.909. The molecule has 6 nitrogen and oxygen atoms in total. The molecular formula is C14H16ClN3O3. The summed E-state index contributed by atoms with van der Waals surface area (Å²) in [5.74, 6) is -0.323. The second-order valence-electron chi connectivity index (χ2n) is 4.63. The van der Waals surface area contributed by atoms with E-state index in [9.17, 15) is 9.59 Å². The quantitative estimate of drug-likeness (QED) is 0.892. The highest BCUT2D eigenvalue weighted by Crippen LogP contribution is 2.26. The molecule has 0 aliphatic heterocycles. The van der Waals surface area contributed by atoms with Gasteiger partial charge in [0.1, 0.15) is 5.75 Å². The lowest BCUT2D eigenvalue weighted by atomic mass is 10.2. The van der Waals surface area contributed by atoms with Gasteiger partial charge in [-0.1, -0.05) is 11.6 Å². The van der Waals surface area contributed by atoms with Crippen LogP contribution in [-0.4, -0.2) is 24.1 Å². The van der Waals surface area contributed by atoms with Crippen LogP contribution in [0.4, 0.5) is 4.79 Å². The van der Waals surface area contributed by atoms with Crippen molar-refractivity contribution in [3.63, 3.8) is 0 Å². The van der Waals surface area contributed by atoms with Gasteiger partial charge < -0.3 is 10.1 Å². The third-order valence-electron chi connectivity index (χ3n) is 2.39. The maximum absolute atomic E-state index is 11.8. The van der Waals surface area contributed by atoms with Crippen LogP contribution in [0.1, 0.15) is 26.3 Å². The van der Waals surface area contributed by atoms with E-state index in [0.29, 0.717) is 5.56 Å². The first-order valence-electron chi connectivity index (χ1n) is 6.31. The van der Waals surface area contributed by atoms with Crippen LogP contribution in [0.5, 0.6) is 5.75 Å². The summed E-state index contributed by atoms with van der Waals surface area (Å²) in [6.45, 7) is 5.05. The van der Waals surface area contributed by atoms with Gasteiger partial charge in [-0.05, 0) is 39.0 Å². The number of imide groups is 1. The average Bonchev–Trinajstić information content (AvgIpc) is 2.39. The first-order chi connectivity index (χ1) is 9.83. The van der Waals surface area contributed by atoms with Gasteiger partial charge in [-0.25, -0.2) is 4.79 Å². The van der Waals surface area contributed by atoms with Crippen molar-refractivity contribution in [3.05, 3.63) is 28.8 Å². The molecule has 0 radical (unpaired) electrons. The van der Waals surface area contributed by atoms with Crippen LogP contribution in [0, 0.1) is 11.3 Å². The Morgan fingerprint density at radius 1 is 1.33 bits per heavy atom. The monoisotopic (exact) mass is 309 g/mol. The molecule has 7 heteroatoms. The number of halogens is 1. The summed E-state index contributed by atoms with van der Waals surface area (Å²) >= 11 is 5.94. The summed E-state index contributed by atoms with van der Waals surface area (Å²) in [6, 6.07) is 5.74. The maximum Gasteiger partial charge on any atom is 0.321 e. The van der Waals surface area contributed by atoms with Crippen molar-refractivity contribution >= 4 is 23.5 Å². The molecule has 1 aromatic rings. The Morgan fingerprint density at radius 3 is 2.52 bits per heavy atom. The fourth-order valence-corrected chi connectivity index (χ4v) is 1.65. The third-order valence-corrected chi connectivity index (χ3v) is 2.69. The van der Waals surface area contributed by atoms with Crippen molar-refractivity contribution in [2.45, 2.75) is 32.9 Å². The standard InChI is InChI=1S/C14H16ClN3O3/c1-8(2)17-14(20)18-13(19)9(3)21-12-5-4-10(7-16)6-11(12)15/h4-6,8-9H,1-3H3,(H2,17,18,19,20)/t9-/m1/s1. The zero-order valence-corrected chi connectivity index (χ0v) is 12.7. The fraction of sp³-hybridized carbons (Fsp3) is 0.357. The number of benzene rings is 1. The summed E-state index contributed by atoms with van der Waals surface area (Å²) in [6.07, 6.45) is -0.909.